The molecule has 18 heavy (non-hydrogen) atoms. The minimum atomic E-state index is -5.06. The van der Waals surface area contributed by atoms with Crippen LogP contribution >= 0.6 is 0 Å². The Balaban J connectivity index is 3.27. The zero-order chi connectivity index (χ0) is 13.9. The van der Waals surface area contributed by atoms with Gasteiger partial charge in [-0.15, -0.1) is 13.2 Å². The monoisotopic (exact) mass is 273 g/mol. The number of ether oxygens (including phenoxy) is 2. The van der Waals surface area contributed by atoms with Crippen molar-refractivity contribution in [3.05, 3.63) is 17.3 Å². The molecule has 1 heterocycles. The first-order valence-corrected chi connectivity index (χ1v) is 4.51. The normalized spacial score (nSPS) is 11.8. The highest BCUT2D eigenvalue weighted by Gasteiger charge is 2.33. The maximum Gasteiger partial charge on any atom is 0.574 e. The van der Waals surface area contributed by atoms with E-state index in [1.165, 1.54) is 0 Å². The van der Waals surface area contributed by atoms with Crippen molar-refractivity contribution < 1.29 is 36.5 Å². The van der Waals surface area contributed by atoms with E-state index in [-0.39, 0.29) is 0 Å². The van der Waals surface area contributed by atoms with Gasteiger partial charge in [0.25, 0.3) is 6.43 Å². The summed E-state index contributed by atoms with van der Waals surface area (Å²) in [7, 11) is 1.03. The van der Waals surface area contributed by atoms with Crippen LogP contribution < -0.4 is 9.47 Å². The van der Waals surface area contributed by atoms with Crippen molar-refractivity contribution in [3.63, 3.8) is 0 Å². The number of hydrogen-bond donors (Lipinski definition) is 1. The van der Waals surface area contributed by atoms with Crippen molar-refractivity contribution in [3.8, 4) is 11.6 Å². The van der Waals surface area contributed by atoms with Crippen LogP contribution in [-0.2, 0) is 6.61 Å². The standard InChI is InChI=1S/C9H8F5NO3/c1-17-7-4(8(10)11)2-6(15-5(7)3-16)18-9(12,13)14/h2,8,16H,3H2,1H3. The first kappa shape index (κ1) is 14.4. The maximum absolute atomic E-state index is 12.6. The van der Waals surface area contributed by atoms with Gasteiger partial charge < -0.3 is 14.6 Å². The average Bonchev–Trinajstić information content (AvgIpc) is 2.25. The van der Waals surface area contributed by atoms with Crippen molar-refractivity contribution >= 4 is 0 Å². The van der Waals surface area contributed by atoms with Crippen molar-refractivity contribution in [2.75, 3.05) is 7.11 Å². The Hall–Kier alpha value is -1.64. The molecule has 0 radical (unpaired) electrons. The number of rotatable bonds is 4. The summed E-state index contributed by atoms with van der Waals surface area (Å²) in [6, 6.07) is 0.413. The fourth-order valence-electron chi connectivity index (χ4n) is 1.26. The summed E-state index contributed by atoms with van der Waals surface area (Å²) >= 11 is 0. The Morgan fingerprint density at radius 1 is 1.39 bits per heavy atom. The molecule has 0 spiro atoms. The highest BCUT2D eigenvalue weighted by Crippen LogP contribution is 2.35. The van der Waals surface area contributed by atoms with E-state index >= 15 is 0 Å². The van der Waals surface area contributed by atoms with Gasteiger partial charge in [0.15, 0.2) is 5.75 Å². The van der Waals surface area contributed by atoms with Gasteiger partial charge in [0.2, 0.25) is 5.88 Å². The molecule has 0 fully saturated rings. The predicted molar refractivity (Wildman–Crippen MR) is 48.4 cm³/mol. The first-order chi connectivity index (χ1) is 8.28. The molecular weight excluding hydrogens is 265 g/mol. The molecule has 0 bridgehead atoms. The largest absolute Gasteiger partial charge is 0.574 e. The van der Waals surface area contributed by atoms with E-state index in [0.29, 0.717) is 6.07 Å². The summed E-state index contributed by atoms with van der Waals surface area (Å²) in [5.74, 6) is -1.55. The first-order valence-electron chi connectivity index (χ1n) is 4.51. The number of pyridine rings is 1. The lowest BCUT2D eigenvalue weighted by molar-refractivity contribution is -0.276. The number of halogens is 5. The molecule has 0 atom stereocenters. The molecule has 0 unspecified atom stereocenters. The molecule has 9 heteroatoms. The van der Waals surface area contributed by atoms with E-state index < -0.39 is 42.3 Å². The molecular formula is C9H8F5NO3. The van der Waals surface area contributed by atoms with Gasteiger partial charge >= 0.3 is 6.36 Å². The smallest absolute Gasteiger partial charge is 0.494 e. The number of alkyl halides is 5. The van der Waals surface area contributed by atoms with Crippen molar-refractivity contribution in [1.82, 2.24) is 4.98 Å². The number of methoxy groups -OCH3 is 1. The van der Waals surface area contributed by atoms with E-state index in [4.69, 9.17) is 5.11 Å². The summed E-state index contributed by atoms with van der Waals surface area (Å²) in [6.07, 6.45) is -8.16. The summed E-state index contributed by atoms with van der Waals surface area (Å²) < 4.78 is 69.1. The van der Waals surface area contributed by atoms with E-state index in [2.05, 4.69) is 14.5 Å². The predicted octanol–water partition coefficient (Wildman–Crippen LogP) is 2.42. The van der Waals surface area contributed by atoms with Crippen LogP contribution in [0, 0.1) is 0 Å². The second kappa shape index (κ2) is 5.34. The second-order valence-corrected chi connectivity index (χ2v) is 3.04. The van der Waals surface area contributed by atoms with Crippen molar-refractivity contribution in [2.45, 2.75) is 19.4 Å². The molecule has 0 aromatic carbocycles. The molecule has 0 saturated heterocycles. The maximum atomic E-state index is 12.6. The van der Waals surface area contributed by atoms with Gasteiger partial charge in [-0.05, 0) is 0 Å². The summed E-state index contributed by atoms with van der Waals surface area (Å²) in [5, 5.41) is 8.85. The molecule has 102 valence electrons. The number of aliphatic hydroxyl groups is 1. The zero-order valence-electron chi connectivity index (χ0n) is 8.96. The Labute approximate surface area is 98.0 Å². The molecule has 0 saturated carbocycles. The highest BCUT2D eigenvalue weighted by atomic mass is 19.4. The van der Waals surface area contributed by atoms with Crippen LogP contribution in [0.5, 0.6) is 11.6 Å². The molecule has 1 rings (SSSR count). The van der Waals surface area contributed by atoms with Crippen LogP contribution in [0.2, 0.25) is 0 Å². The number of aromatic nitrogens is 1. The lowest BCUT2D eigenvalue weighted by Crippen LogP contribution is -2.18. The van der Waals surface area contributed by atoms with Crippen molar-refractivity contribution in [2.24, 2.45) is 0 Å². The molecule has 1 N–H and O–H groups in total. The van der Waals surface area contributed by atoms with Gasteiger partial charge in [-0.1, -0.05) is 0 Å². The SMILES string of the molecule is COc1c(C(F)F)cc(OC(F)(F)F)nc1CO. The highest BCUT2D eigenvalue weighted by molar-refractivity contribution is 5.41. The molecule has 4 nitrogen and oxygen atoms in total. The molecule has 0 aliphatic heterocycles. The van der Waals surface area contributed by atoms with Gasteiger partial charge in [0, 0.05) is 6.07 Å². The van der Waals surface area contributed by atoms with Crippen LogP contribution in [-0.4, -0.2) is 23.6 Å². The second-order valence-electron chi connectivity index (χ2n) is 3.04. The Morgan fingerprint density at radius 3 is 2.39 bits per heavy atom. The third-order valence-electron chi connectivity index (χ3n) is 1.86. The Morgan fingerprint density at radius 2 is 2.00 bits per heavy atom. The minimum absolute atomic E-state index is 0.413. The molecule has 0 aliphatic rings. The van der Waals surface area contributed by atoms with Gasteiger partial charge in [-0.3, -0.25) is 0 Å². The van der Waals surface area contributed by atoms with Crippen LogP contribution in [0.3, 0.4) is 0 Å². The van der Waals surface area contributed by atoms with Gasteiger partial charge in [-0.25, -0.2) is 13.8 Å². The Kier molecular flexibility index (Phi) is 4.28. The number of hydrogen-bond acceptors (Lipinski definition) is 4. The van der Waals surface area contributed by atoms with Crippen molar-refractivity contribution in [1.29, 1.82) is 0 Å². The van der Waals surface area contributed by atoms with Gasteiger partial charge in [0.05, 0.1) is 19.3 Å². The summed E-state index contributed by atoms with van der Waals surface area (Å²) in [5.41, 5.74) is -1.30. The fraction of sp³-hybridized carbons (Fsp3) is 0.444. The average molecular weight is 273 g/mol. The van der Waals surface area contributed by atoms with Gasteiger partial charge in [0.1, 0.15) is 5.69 Å². The van der Waals surface area contributed by atoms with Crippen LogP contribution in [0.4, 0.5) is 22.0 Å². The summed E-state index contributed by atoms with van der Waals surface area (Å²) in [6.45, 7) is -0.863. The minimum Gasteiger partial charge on any atom is -0.494 e. The van der Waals surface area contributed by atoms with Crippen LogP contribution in [0.25, 0.3) is 0 Å². The molecule has 1 aromatic heterocycles. The van der Waals surface area contributed by atoms with E-state index in [0.717, 1.165) is 7.11 Å². The van der Waals surface area contributed by atoms with E-state index in [1.807, 2.05) is 0 Å². The van der Waals surface area contributed by atoms with Gasteiger partial charge in [-0.2, -0.15) is 0 Å². The van der Waals surface area contributed by atoms with E-state index in [1.54, 1.807) is 0 Å². The molecule has 0 amide bonds. The zero-order valence-corrected chi connectivity index (χ0v) is 8.96. The van der Waals surface area contributed by atoms with Crippen LogP contribution in [0.1, 0.15) is 17.7 Å². The topological polar surface area (TPSA) is 51.6 Å². The fourth-order valence-corrected chi connectivity index (χ4v) is 1.26. The molecule has 1 aromatic rings. The number of nitrogens with zero attached hydrogens (tertiary/aromatic N) is 1. The quantitative estimate of drug-likeness (QED) is 0.856. The third kappa shape index (κ3) is 3.42. The number of aliphatic hydroxyl groups excluding tert-OH is 1. The summed E-state index contributed by atoms with van der Waals surface area (Å²) in [4.78, 5) is 3.24. The lowest BCUT2D eigenvalue weighted by atomic mass is 10.2. The lowest BCUT2D eigenvalue weighted by Gasteiger charge is -2.14. The Bertz CT molecular complexity index is 421. The van der Waals surface area contributed by atoms with Crippen LogP contribution in [0.15, 0.2) is 6.07 Å². The van der Waals surface area contributed by atoms with E-state index in [9.17, 15) is 22.0 Å². The molecule has 0 aliphatic carbocycles. The third-order valence-corrected chi connectivity index (χ3v) is 1.86.